The van der Waals surface area contributed by atoms with Crippen molar-refractivity contribution >= 4 is 27.6 Å². The third-order valence-electron chi connectivity index (χ3n) is 5.08. The molecule has 0 radical (unpaired) electrons. The molecule has 0 aliphatic heterocycles. The average molecular weight is 420 g/mol. The summed E-state index contributed by atoms with van der Waals surface area (Å²) in [5, 5.41) is 16.9. The van der Waals surface area contributed by atoms with Crippen LogP contribution in [0.5, 0.6) is 5.75 Å². The van der Waals surface area contributed by atoms with Crippen molar-refractivity contribution in [3.8, 4) is 16.9 Å². The number of nitrogens with one attached hydrogen (secondary N) is 1. The standard InChI is InChI=1S/C24H29N5O2/c1-4-31-19-8-7-16-11-18(6-5-17(16)12-19)20-13-29(14-24(2,3)30)23-21(20)22(26-10-9-25)27-15-28-23/h5-8,11-13,15,30H,4,9-10,14,25H2,1-3H3,(H,26,27,28). The van der Waals surface area contributed by atoms with Crippen LogP contribution in [0.2, 0.25) is 0 Å². The van der Waals surface area contributed by atoms with E-state index in [2.05, 4.69) is 45.6 Å². The molecule has 2 aromatic heterocycles. The Labute approximate surface area is 181 Å². The highest BCUT2D eigenvalue weighted by Gasteiger charge is 2.21. The molecule has 0 saturated heterocycles. The average Bonchev–Trinajstić information content (AvgIpc) is 3.09. The fourth-order valence-electron chi connectivity index (χ4n) is 3.85. The maximum atomic E-state index is 10.4. The molecule has 2 heterocycles. The van der Waals surface area contributed by atoms with Gasteiger partial charge in [-0.3, -0.25) is 0 Å². The zero-order valence-corrected chi connectivity index (χ0v) is 18.2. The van der Waals surface area contributed by atoms with Crippen molar-refractivity contribution in [1.29, 1.82) is 0 Å². The Morgan fingerprint density at radius 1 is 1.13 bits per heavy atom. The molecule has 31 heavy (non-hydrogen) atoms. The summed E-state index contributed by atoms with van der Waals surface area (Å²) in [5.74, 6) is 1.61. The quantitative estimate of drug-likeness (QED) is 0.402. The largest absolute Gasteiger partial charge is 0.494 e. The molecule has 4 rings (SSSR count). The first-order valence-electron chi connectivity index (χ1n) is 10.6. The van der Waals surface area contributed by atoms with Gasteiger partial charge in [0.15, 0.2) is 0 Å². The number of aliphatic hydroxyl groups is 1. The lowest BCUT2D eigenvalue weighted by molar-refractivity contribution is 0.0627. The summed E-state index contributed by atoms with van der Waals surface area (Å²) in [6.07, 6.45) is 3.59. The number of aromatic nitrogens is 3. The van der Waals surface area contributed by atoms with Gasteiger partial charge in [-0.2, -0.15) is 0 Å². The van der Waals surface area contributed by atoms with Crippen molar-refractivity contribution in [2.75, 3.05) is 25.0 Å². The van der Waals surface area contributed by atoms with Crippen LogP contribution in [0.3, 0.4) is 0 Å². The molecule has 0 atom stereocenters. The molecule has 7 heteroatoms. The van der Waals surface area contributed by atoms with Crippen molar-refractivity contribution < 1.29 is 9.84 Å². The first-order chi connectivity index (χ1) is 14.9. The predicted octanol–water partition coefficient (Wildman–Crippen LogP) is 3.79. The number of anilines is 1. The van der Waals surface area contributed by atoms with Crippen LogP contribution in [0, 0.1) is 0 Å². The Bertz CT molecular complexity index is 1210. The molecule has 0 spiro atoms. The van der Waals surface area contributed by atoms with Crippen molar-refractivity contribution in [1.82, 2.24) is 14.5 Å². The Balaban J connectivity index is 1.88. The number of nitrogens with two attached hydrogens (primary N) is 1. The summed E-state index contributed by atoms with van der Waals surface area (Å²) in [7, 11) is 0. The molecule has 0 fully saturated rings. The van der Waals surface area contributed by atoms with E-state index in [1.54, 1.807) is 20.2 Å². The summed E-state index contributed by atoms with van der Waals surface area (Å²) in [4.78, 5) is 8.99. The van der Waals surface area contributed by atoms with E-state index in [4.69, 9.17) is 10.5 Å². The summed E-state index contributed by atoms with van der Waals surface area (Å²) in [6.45, 7) is 7.74. The van der Waals surface area contributed by atoms with Gasteiger partial charge in [-0.15, -0.1) is 0 Å². The SMILES string of the molecule is CCOc1ccc2cc(-c3cn(CC(C)(C)O)c4ncnc(NCCN)c34)ccc2c1. The fourth-order valence-corrected chi connectivity index (χ4v) is 3.85. The molecule has 0 aliphatic carbocycles. The van der Waals surface area contributed by atoms with E-state index >= 15 is 0 Å². The highest BCUT2D eigenvalue weighted by Crippen LogP contribution is 2.36. The van der Waals surface area contributed by atoms with Gasteiger partial charge in [0.25, 0.3) is 0 Å². The van der Waals surface area contributed by atoms with Gasteiger partial charge in [-0.25, -0.2) is 9.97 Å². The second kappa shape index (κ2) is 8.53. The Hall–Kier alpha value is -3.16. The zero-order valence-electron chi connectivity index (χ0n) is 18.2. The molecule has 7 nitrogen and oxygen atoms in total. The van der Waals surface area contributed by atoms with Gasteiger partial charge in [-0.05, 0) is 55.3 Å². The molecular formula is C24H29N5O2. The van der Waals surface area contributed by atoms with Crippen LogP contribution in [0.15, 0.2) is 48.9 Å². The van der Waals surface area contributed by atoms with E-state index < -0.39 is 5.60 Å². The molecule has 4 aromatic rings. The highest BCUT2D eigenvalue weighted by atomic mass is 16.5. The van der Waals surface area contributed by atoms with E-state index in [1.807, 2.05) is 23.8 Å². The lowest BCUT2D eigenvalue weighted by atomic mass is 10.0. The molecule has 2 aromatic carbocycles. The van der Waals surface area contributed by atoms with Crippen LogP contribution in [-0.2, 0) is 6.54 Å². The molecule has 0 saturated carbocycles. The monoisotopic (exact) mass is 419 g/mol. The van der Waals surface area contributed by atoms with Gasteiger partial charge in [0.2, 0.25) is 0 Å². The lowest BCUT2D eigenvalue weighted by Gasteiger charge is -2.18. The highest BCUT2D eigenvalue weighted by molar-refractivity contribution is 6.03. The van der Waals surface area contributed by atoms with Crippen LogP contribution in [0.4, 0.5) is 5.82 Å². The van der Waals surface area contributed by atoms with E-state index in [9.17, 15) is 5.11 Å². The maximum absolute atomic E-state index is 10.4. The van der Waals surface area contributed by atoms with E-state index in [0.717, 1.165) is 44.5 Å². The first kappa shape index (κ1) is 21.1. The van der Waals surface area contributed by atoms with Gasteiger partial charge in [-0.1, -0.05) is 18.2 Å². The van der Waals surface area contributed by atoms with Gasteiger partial charge >= 0.3 is 0 Å². The van der Waals surface area contributed by atoms with Crippen molar-refractivity contribution in [2.24, 2.45) is 5.73 Å². The number of rotatable bonds is 8. The van der Waals surface area contributed by atoms with E-state index in [1.165, 1.54) is 0 Å². The minimum Gasteiger partial charge on any atom is -0.494 e. The van der Waals surface area contributed by atoms with Crippen LogP contribution < -0.4 is 15.8 Å². The number of fused-ring (bicyclic) bond motifs is 2. The number of ether oxygens (including phenoxy) is 1. The Morgan fingerprint density at radius 2 is 1.90 bits per heavy atom. The van der Waals surface area contributed by atoms with E-state index in [-0.39, 0.29) is 0 Å². The Morgan fingerprint density at radius 3 is 2.65 bits per heavy atom. The molecule has 0 amide bonds. The Kier molecular flexibility index (Phi) is 5.80. The van der Waals surface area contributed by atoms with Crippen LogP contribution in [0.25, 0.3) is 32.9 Å². The molecule has 0 unspecified atom stereocenters. The van der Waals surface area contributed by atoms with Crippen LogP contribution >= 0.6 is 0 Å². The van der Waals surface area contributed by atoms with Crippen LogP contribution in [0.1, 0.15) is 20.8 Å². The predicted molar refractivity (Wildman–Crippen MR) is 125 cm³/mol. The minimum atomic E-state index is -0.877. The summed E-state index contributed by atoms with van der Waals surface area (Å²) in [6, 6.07) is 12.5. The summed E-state index contributed by atoms with van der Waals surface area (Å²) in [5.41, 5.74) is 7.67. The number of hydrogen-bond acceptors (Lipinski definition) is 6. The van der Waals surface area contributed by atoms with Crippen molar-refractivity contribution in [2.45, 2.75) is 32.9 Å². The smallest absolute Gasteiger partial charge is 0.146 e. The lowest BCUT2D eigenvalue weighted by Crippen LogP contribution is -2.25. The zero-order chi connectivity index (χ0) is 22.0. The van der Waals surface area contributed by atoms with E-state index in [0.29, 0.717) is 26.2 Å². The van der Waals surface area contributed by atoms with Gasteiger partial charge in [0.05, 0.1) is 24.1 Å². The topological polar surface area (TPSA) is 98.2 Å². The number of hydrogen-bond donors (Lipinski definition) is 3. The summed E-state index contributed by atoms with van der Waals surface area (Å²) < 4.78 is 7.62. The van der Waals surface area contributed by atoms with Gasteiger partial charge < -0.3 is 25.5 Å². The fraction of sp³-hybridized carbons (Fsp3) is 0.333. The van der Waals surface area contributed by atoms with Crippen molar-refractivity contribution in [3.05, 3.63) is 48.9 Å². The number of benzene rings is 2. The normalized spacial score (nSPS) is 11.9. The molecule has 0 aliphatic rings. The second-order valence-corrected chi connectivity index (χ2v) is 8.28. The molecule has 162 valence electrons. The first-order valence-corrected chi connectivity index (χ1v) is 10.6. The maximum Gasteiger partial charge on any atom is 0.146 e. The third-order valence-corrected chi connectivity index (χ3v) is 5.08. The molecule has 0 bridgehead atoms. The van der Waals surface area contributed by atoms with Crippen LogP contribution in [-0.4, -0.2) is 44.9 Å². The molecule has 4 N–H and O–H groups in total. The molecular weight excluding hydrogens is 390 g/mol. The van der Waals surface area contributed by atoms with Gasteiger partial charge in [0.1, 0.15) is 23.5 Å². The minimum absolute atomic E-state index is 0.419. The second-order valence-electron chi connectivity index (χ2n) is 8.28. The van der Waals surface area contributed by atoms with Gasteiger partial charge in [0, 0.05) is 24.8 Å². The number of nitrogens with zero attached hydrogens (tertiary/aromatic N) is 3. The summed E-state index contributed by atoms with van der Waals surface area (Å²) >= 11 is 0. The van der Waals surface area contributed by atoms with Crippen molar-refractivity contribution in [3.63, 3.8) is 0 Å². The third kappa shape index (κ3) is 4.47.